The molecule has 1 fully saturated rings. The predicted octanol–water partition coefficient (Wildman–Crippen LogP) is 2.82. The number of rotatable bonds is 1. The van der Waals surface area contributed by atoms with Crippen molar-refractivity contribution in [3.8, 4) is 0 Å². The van der Waals surface area contributed by atoms with E-state index in [0.717, 1.165) is 6.07 Å². The maximum Gasteiger partial charge on any atom is 0.391 e. The minimum atomic E-state index is -4.24. The smallest absolute Gasteiger partial charge is 0.391 e. The van der Waals surface area contributed by atoms with Gasteiger partial charge < -0.3 is 10.6 Å². The average molecular weight is 290 g/mol. The molecule has 0 saturated carbocycles. The van der Waals surface area contributed by atoms with E-state index in [2.05, 4.69) is 0 Å². The van der Waals surface area contributed by atoms with Crippen LogP contribution < -0.4 is 5.73 Å². The Hall–Kier alpha value is -1.79. The Bertz CT molecular complexity index is 508. The van der Waals surface area contributed by atoms with Crippen LogP contribution in [0.4, 0.5) is 23.2 Å². The maximum absolute atomic E-state index is 13.6. The molecule has 2 rings (SSSR count). The van der Waals surface area contributed by atoms with Crippen LogP contribution in [0.1, 0.15) is 23.2 Å². The predicted molar refractivity (Wildman–Crippen MR) is 65.5 cm³/mol. The summed E-state index contributed by atoms with van der Waals surface area (Å²) in [5, 5.41) is 0. The van der Waals surface area contributed by atoms with Gasteiger partial charge in [-0.2, -0.15) is 13.2 Å². The highest BCUT2D eigenvalue weighted by Crippen LogP contribution is 2.34. The van der Waals surface area contributed by atoms with Gasteiger partial charge in [0.15, 0.2) is 0 Å². The van der Waals surface area contributed by atoms with E-state index in [1.54, 1.807) is 0 Å². The molecule has 1 aromatic rings. The first-order valence-electron chi connectivity index (χ1n) is 6.20. The first kappa shape index (κ1) is 14.6. The number of nitrogens with zero attached hydrogens (tertiary/aromatic N) is 1. The van der Waals surface area contributed by atoms with Crippen molar-refractivity contribution in [3.63, 3.8) is 0 Å². The summed E-state index contributed by atoms with van der Waals surface area (Å²) in [6.45, 7) is -0.0610. The largest absolute Gasteiger partial charge is 0.399 e. The van der Waals surface area contributed by atoms with E-state index in [4.69, 9.17) is 5.73 Å². The molecule has 0 radical (unpaired) electrons. The maximum atomic E-state index is 13.6. The second-order valence-electron chi connectivity index (χ2n) is 4.85. The average Bonchev–Trinajstić information content (AvgIpc) is 2.40. The number of halogens is 4. The van der Waals surface area contributed by atoms with Crippen LogP contribution in [0.2, 0.25) is 0 Å². The lowest BCUT2D eigenvalue weighted by atomic mass is 9.96. The number of nitrogen functional groups attached to an aromatic ring is 1. The second kappa shape index (κ2) is 5.30. The van der Waals surface area contributed by atoms with E-state index in [9.17, 15) is 22.4 Å². The zero-order valence-corrected chi connectivity index (χ0v) is 10.6. The third-order valence-electron chi connectivity index (χ3n) is 3.47. The first-order chi connectivity index (χ1) is 9.29. The van der Waals surface area contributed by atoms with Gasteiger partial charge in [0.2, 0.25) is 0 Å². The minimum absolute atomic E-state index is 0.0305. The molecule has 0 unspecified atom stereocenters. The van der Waals surface area contributed by atoms with Crippen LogP contribution in [0, 0.1) is 11.7 Å². The molecule has 20 heavy (non-hydrogen) atoms. The fourth-order valence-corrected chi connectivity index (χ4v) is 2.29. The van der Waals surface area contributed by atoms with E-state index in [1.807, 2.05) is 0 Å². The van der Waals surface area contributed by atoms with Crippen molar-refractivity contribution in [2.24, 2.45) is 5.92 Å². The molecule has 0 aliphatic carbocycles. The molecule has 110 valence electrons. The summed E-state index contributed by atoms with van der Waals surface area (Å²) in [4.78, 5) is 13.3. The molecule has 1 aliphatic rings. The highest BCUT2D eigenvalue weighted by atomic mass is 19.4. The lowest BCUT2D eigenvalue weighted by Crippen LogP contribution is -2.42. The molecule has 0 atom stereocenters. The molecule has 1 heterocycles. The monoisotopic (exact) mass is 290 g/mol. The number of carbonyl (C=O) groups is 1. The number of hydrogen-bond acceptors (Lipinski definition) is 2. The summed E-state index contributed by atoms with van der Waals surface area (Å²) in [6, 6.07) is 3.60. The summed E-state index contributed by atoms with van der Waals surface area (Å²) < 4.78 is 51.1. The number of anilines is 1. The molecular weight excluding hydrogens is 276 g/mol. The van der Waals surface area contributed by atoms with Gasteiger partial charge in [0.1, 0.15) is 5.82 Å². The highest BCUT2D eigenvalue weighted by molar-refractivity contribution is 5.95. The molecule has 3 nitrogen and oxygen atoms in total. The Morgan fingerprint density at radius 3 is 2.40 bits per heavy atom. The molecule has 1 saturated heterocycles. The van der Waals surface area contributed by atoms with Crippen molar-refractivity contribution in [2.45, 2.75) is 19.0 Å². The van der Waals surface area contributed by atoms with Gasteiger partial charge in [-0.3, -0.25) is 4.79 Å². The van der Waals surface area contributed by atoms with Crippen molar-refractivity contribution in [1.29, 1.82) is 0 Å². The molecule has 1 aromatic carbocycles. The van der Waals surface area contributed by atoms with Gasteiger partial charge in [0, 0.05) is 18.8 Å². The second-order valence-corrected chi connectivity index (χ2v) is 4.85. The third-order valence-corrected chi connectivity index (χ3v) is 3.47. The van der Waals surface area contributed by atoms with Crippen LogP contribution in [0.3, 0.4) is 0 Å². The van der Waals surface area contributed by atoms with E-state index >= 15 is 0 Å². The lowest BCUT2D eigenvalue weighted by Gasteiger charge is -2.33. The molecule has 0 spiro atoms. The van der Waals surface area contributed by atoms with Gasteiger partial charge in [0.25, 0.3) is 5.91 Å². The Balaban J connectivity index is 2.07. The van der Waals surface area contributed by atoms with Crippen molar-refractivity contribution in [3.05, 3.63) is 29.6 Å². The molecule has 7 heteroatoms. The zero-order chi connectivity index (χ0) is 14.9. The number of benzene rings is 1. The van der Waals surface area contributed by atoms with Crippen molar-refractivity contribution < 1.29 is 22.4 Å². The normalized spacial score (nSPS) is 17.3. The Morgan fingerprint density at radius 1 is 1.25 bits per heavy atom. The fraction of sp³-hybridized carbons (Fsp3) is 0.462. The molecular formula is C13H14F4N2O. The number of piperidine rings is 1. The third kappa shape index (κ3) is 3.02. The number of amides is 1. The van der Waals surface area contributed by atoms with E-state index in [1.165, 1.54) is 17.0 Å². The number of hydrogen-bond donors (Lipinski definition) is 1. The van der Waals surface area contributed by atoms with Gasteiger partial charge in [-0.15, -0.1) is 0 Å². The van der Waals surface area contributed by atoms with Gasteiger partial charge in [0.05, 0.1) is 11.5 Å². The minimum Gasteiger partial charge on any atom is -0.399 e. The van der Waals surface area contributed by atoms with Gasteiger partial charge in [-0.05, 0) is 31.0 Å². The van der Waals surface area contributed by atoms with Crippen molar-refractivity contribution >= 4 is 11.6 Å². The quantitative estimate of drug-likeness (QED) is 0.638. The van der Waals surface area contributed by atoms with Crippen LogP contribution in [0.25, 0.3) is 0 Å². The van der Waals surface area contributed by atoms with Crippen LogP contribution in [0.5, 0.6) is 0 Å². The zero-order valence-electron chi connectivity index (χ0n) is 10.6. The van der Waals surface area contributed by atoms with Gasteiger partial charge in [-0.1, -0.05) is 0 Å². The molecule has 0 bridgehead atoms. The number of alkyl halides is 3. The molecule has 0 aromatic heterocycles. The summed E-state index contributed by atoms with van der Waals surface area (Å²) in [5.74, 6) is -2.73. The number of nitrogens with two attached hydrogens (primary N) is 1. The molecule has 2 N–H and O–H groups in total. The Labute approximate surface area is 113 Å². The summed E-state index contributed by atoms with van der Waals surface area (Å²) in [6.07, 6.45) is -4.55. The topological polar surface area (TPSA) is 46.3 Å². The summed E-state index contributed by atoms with van der Waals surface area (Å²) in [5.41, 5.74) is 5.53. The summed E-state index contributed by atoms with van der Waals surface area (Å²) >= 11 is 0. The Kier molecular flexibility index (Phi) is 3.87. The lowest BCUT2D eigenvalue weighted by molar-refractivity contribution is -0.183. The van der Waals surface area contributed by atoms with E-state index < -0.39 is 23.8 Å². The van der Waals surface area contributed by atoms with Crippen LogP contribution in [-0.2, 0) is 0 Å². The fourth-order valence-electron chi connectivity index (χ4n) is 2.29. The van der Waals surface area contributed by atoms with Crippen molar-refractivity contribution in [1.82, 2.24) is 4.90 Å². The van der Waals surface area contributed by atoms with E-state index in [-0.39, 0.29) is 37.2 Å². The van der Waals surface area contributed by atoms with Gasteiger partial charge in [-0.25, -0.2) is 4.39 Å². The van der Waals surface area contributed by atoms with Gasteiger partial charge >= 0.3 is 6.18 Å². The molecule has 1 aliphatic heterocycles. The standard InChI is InChI=1S/C13H14F4N2O/c14-11-2-1-9(18)7-10(11)12(20)19-5-3-8(4-6-19)13(15,16)17/h1-2,7-8H,3-6,18H2. The highest BCUT2D eigenvalue weighted by Gasteiger charge is 2.41. The first-order valence-corrected chi connectivity index (χ1v) is 6.20. The van der Waals surface area contributed by atoms with Crippen molar-refractivity contribution in [2.75, 3.05) is 18.8 Å². The van der Waals surface area contributed by atoms with E-state index in [0.29, 0.717) is 0 Å². The molecule has 1 amide bonds. The van der Waals surface area contributed by atoms with Crippen LogP contribution in [-0.4, -0.2) is 30.1 Å². The summed E-state index contributed by atoms with van der Waals surface area (Å²) in [7, 11) is 0. The van der Waals surface area contributed by atoms with Crippen LogP contribution >= 0.6 is 0 Å². The number of likely N-dealkylation sites (tertiary alicyclic amines) is 1. The van der Waals surface area contributed by atoms with Crippen LogP contribution in [0.15, 0.2) is 18.2 Å². The SMILES string of the molecule is Nc1ccc(F)c(C(=O)N2CCC(C(F)(F)F)CC2)c1. The Morgan fingerprint density at radius 2 is 1.85 bits per heavy atom. The number of carbonyl (C=O) groups excluding carboxylic acids is 1.